The normalized spacial score (nSPS) is 9.74. The number of rotatable bonds is 1. The van der Waals surface area contributed by atoms with E-state index in [9.17, 15) is 18.0 Å². The second kappa shape index (κ2) is 8.77. The van der Waals surface area contributed by atoms with Crippen molar-refractivity contribution < 1.29 is 23.1 Å². The van der Waals surface area contributed by atoms with E-state index in [1.54, 1.807) is 0 Å². The summed E-state index contributed by atoms with van der Waals surface area (Å²) in [5.74, 6) is 0. The Hall–Kier alpha value is -1.27. The van der Waals surface area contributed by atoms with Crippen LogP contribution in [0.2, 0.25) is 5.02 Å². The van der Waals surface area contributed by atoms with Crippen molar-refractivity contribution in [3.63, 3.8) is 0 Å². The Labute approximate surface area is 115 Å². The molecule has 1 aromatic rings. The summed E-state index contributed by atoms with van der Waals surface area (Å²) < 4.78 is 37.3. The zero-order chi connectivity index (χ0) is 15.8. The molecule has 0 aliphatic heterocycles. The van der Waals surface area contributed by atoms with Crippen LogP contribution in [0, 0.1) is 6.92 Å². The molecule has 0 aliphatic carbocycles. The number of carbonyl (C=O) groups is 1. The van der Waals surface area contributed by atoms with E-state index in [1.165, 1.54) is 6.92 Å². The summed E-state index contributed by atoms with van der Waals surface area (Å²) in [6.07, 6.45) is -4.32. The van der Waals surface area contributed by atoms with Gasteiger partial charge in [-0.3, -0.25) is 4.79 Å². The smallest absolute Gasteiger partial charge is 0.400 e. The topological polar surface area (TPSA) is 63.3 Å². The number of nitrogen functional groups attached to an aromatic ring is 1. The lowest BCUT2D eigenvalue weighted by Crippen LogP contribution is -2.09. The fourth-order valence-corrected chi connectivity index (χ4v) is 1.40. The number of halogens is 4. The van der Waals surface area contributed by atoms with Gasteiger partial charge in [-0.2, -0.15) is 13.2 Å². The lowest BCUT2D eigenvalue weighted by atomic mass is 10.0. The van der Waals surface area contributed by atoms with E-state index in [2.05, 4.69) is 0 Å². The number of aldehydes is 1. The maximum absolute atomic E-state index is 12.4. The number of hydrogen-bond donors (Lipinski definition) is 2. The summed E-state index contributed by atoms with van der Waals surface area (Å²) in [5.41, 5.74) is 4.21. The largest absolute Gasteiger partial charge is 0.417 e. The molecule has 0 aliphatic rings. The highest BCUT2D eigenvalue weighted by Crippen LogP contribution is 2.39. The Morgan fingerprint density at radius 3 is 2.05 bits per heavy atom. The molecule has 19 heavy (non-hydrogen) atoms. The molecule has 0 heterocycles. The van der Waals surface area contributed by atoms with Gasteiger partial charge in [-0.25, -0.2) is 0 Å². The van der Waals surface area contributed by atoms with Crippen LogP contribution in [0.1, 0.15) is 35.3 Å². The van der Waals surface area contributed by atoms with Gasteiger partial charge in [0.05, 0.1) is 10.6 Å². The third kappa shape index (κ3) is 5.08. The summed E-state index contributed by atoms with van der Waals surface area (Å²) in [6.45, 7) is 5.33. The Balaban J connectivity index is 0. The molecule has 110 valence electrons. The van der Waals surface area contributed by atoms with Gasteiger partial charge >= 0.3 is 6.18 Å². The first-order chi connectivity index (χ1) is 8.79. The van der Waals surface area contributed by atoms with Crippen molar-refractivity contribution in [2.45, 2.75) is 26.9 Å². The zero-order valence-corrected chi connectivity index (χ0v) is 11.9. The van der Waals surface area contributed by atoms with E-state index < -0.39 is 16.8 Å². The lowest BCUT2D eigenvalue weighted by Gasteiger charge is -2.13. The van der Waals surface area contributed by atoms with E-state index in [1.807, 2.05) is 13.8 Å². The van der Waals surface area contributed by atoms with Gasteiger partial charge in [-0.05, 0) is 18.6 Å². The number of hydrogen-bond acceptors (Lipinski definition) is 3. The van der Waals surface area contributed by atoms with Crippen LogP contribution in [0.4, 0.5) is 18.9 Å². The van der Waals surface area contributed by atoms with Gasteiger partial charge in [0.25, 0.3) is 0 Å². The SMILES string of the molecule is CC.CO.Cc1c(N)c(C=O)cc(C(F)(F)F)c1Cl. The number of nitrogens with two attached hydrogens (primary N) is 1. The predicted octanol–water partition coefficient (Wildman–Crippen LogP) is 3.70. The lowest BCUT2D eigenvalue weighted by molar-refractivity contribution is -0.137. The van der Waals surface area contributed by atoms with Gasteiger partial charge in [0.2, 0.25) is 0 Å². The van der Waals surface area contributed by atoms with Crippen molar-refractivity contribution in [1.82, 2.24) is 0 Å². The summed E-state index contributed by atoms with van der Waals surface area (Å²) in [4.78, 5) is 10.5. The molecule has 0 atom stereocenters. The van der Waals surface area contributed by atoms with Gasteiger partial charge in [0, 0.05) is 18.4 Å². The summed E-state index contributed by atoms with van der Waals surface area (Å²) in [7, 11) is 1.00. The monoisotopic (exact) mass is 299 g/mol. The van der Waals surface area contributed by atoms with Crippen molar-refractivity contribution in [2.75, 3.05) is 12.8 Å². The molecule has 0 saturated carbocycles. The average Bonchev–Trinajstić information content (AvgIpc) is 2.39. The molecule has 0 bridgehead atoms. The molecule has 1 rings (SSSR count). The second-order valence-corrected chi connectivity index (χ2v) is 3.36. The minimum Gasteiger partial charge on any atom is -0.400 e. The molecule has 3 N–H and O–H groups in total. The van der Waals surface area contributed by atoms with Crippen LogP contribution < -0.4 is 5.73 Å². The Kier molecular flexibility index (Phi) is 9.25. The number of alkyl halides is 3. The third-order valence-corrected chi connectivity index (χ3v) is 2.50. The average molecular weight is 300 g/mol. The zero-order valence-electron chi connectivity index (χ0n) is 11.1. The highest BCUT2D eigenvalue weighted by Gasteiger charge is 2.34. The molecule has 0 amide bonds. The van der Waals surface area contributed by atoms with Gasteiger partial charge in [0.1, 0.15) is 0 Å². The number of aliphatic hydroxyl groups is 1. The van der Waals surface area contributed by atoms with Crippen LogP contribution >= 0.6 is 11.6 Å². The van der Waals surface area contributed by atoms with Crippen LogP contribution in [-0.2, 0) is 6.18 Å². The van der Waals surface area contributed by atoms with E-state index in [4.69, 9.17) is 22.4 Å². The molecule has 0 radical (unpaired) electrons. The van der Waals surface area contributed by atoms with E-state index in [-0.39, 0.29) is 23.1 Å². The molecule has 0 unspecified atom stereocenters. The van der Waals surface area contributed by atoms with Crippen molar-refractivity contribution in [1.29, 1.82) is 0 Å². The first-order valence-corrected chi connectivity index (χ1v) is 5.72. The predicted molar refractivity (Wildman–Crippen MR) is 70.5 cm³/mol. The summed E-state index contributed by atoms with van der Waals surface area (Å²) in [6, 6.07) is 0.650. The first kappa shape index (κ1) is 20.1. The number of aliphatic hydroxyl groups excluding tert-OH is 1. The number of benzene rings is 1. The standard InChI is InChI=1S/C9H7ClF3NO.C2H6.CH4O/c1-4-7(10)6(9(11,12)13)2-5(3-15)8(4)14;2*1-2/h2-3H,14H2,1H3;1-2H3;2H,1H3. The first-order valence-electron chi connectivity index (χ1n) is 5.34. The van der Waals surface area contributed by atoms with Gasteiger partial charge in [-0.15, -0.1) is 0 Å². The van der Waals surface area contributed by atoms with Crippen molar-refractivity contribution in [3.05, 3.63) is 27.8 Å². The van der Waals surface area contributed by atoms with E-state index in [0.29, 0.717) is 6.07 Å². The Morgan fingerprint density at radius 1 is 1.32 bits per heavy atom. The second-order valence-electron chi connectivity index (χ2n) is 2.98. The molecule has 0 aromatic heterocycles. The van der Waals surface area contributed by atoms with Crippen molar-refractivity contribution in [2.24, 2.45) is 0 Å². The van der Waals surface area contributed by atoms with Gasteiger partial charge < -0.3 is 10.8 Å². The van der Waals surface area contributed by atoms with Gasteiger partial charge in [-0.1, -0.05) is 25.4 Å². The fraction of sp³-hybridized carbons (Fsp3) is 0.417. The minimum atomic E-state index is -4.59. The minimum absolute atomic E-state index is 0.0250. The summed E-state index contributed by atoms with van der Waals surface area (Å²) >= 11 is 5.50. The van der Waals surface area contributed by atoms with Crippen LogP contribution in [0.25, 0.3) is 0 Å². The molecule has 1 aromatic carbocycles. The molecule has 0 fully saturated rings. The van der Waals surface area contributed by atoms with Crippen LogP contribution in [0.3, 0.4) is 0 Å². The molecular formula is C12H17ClF3NO2. The molecular weight excluding hydrogens is 283 g/mol. The van der Waals surface area contributed by atoms with Gasteiger partial charge in [0.15, 0.2) is 6.29 Å². The maximum atomic E-state index is 12.4. The molecule has 3 nitrogen and oxygen atoms in total. The number of anilines is 1. The maximum Gasteiger partial charge on any atom is 0.417 e. The highest BCUT2D eigenvalue weighted by molar-refractivity contribution is 6.32. The quantitative estimate of drug-likeness (QED) is 0.614. The number of carbonyl (C=O) groups excluding carboxylic acids is 1. The van der Waals surface area contributed by atoms with Crippen LogP contribution in [0.15, 0.2) is 6.07 Å². The summed E-state index contributed by atoms with van der Waals surface area (Å²) in [5, 5.41) is 6.53. The fourth-order valence-electron chi connectivity index (χ4n) is 1.14. The Morgan fingerprint density at radius 2 is 1.74 bits per heavy atom. The third-order valence-electron chi connectivity index (χ3n) is 2.01. The molecule has 7 heteroatoms. The van der Waals surface area contributed by atoms with Crippen LogP contribution in [0.5, 0.6) is 0 Å². The molecule has 0 spiro atoms. The highest BCUT2D eigenvalue weighted by atomic mass is 35.5. The van der Waals surface area contributed by atoms with E-state index >= 15 is 0 Å². The van der Waals surface area contributed by atoms with E-state index in [0.717, 1.165) is 7.11 Å². The Bertz CT molecular complexity index is 420. The van der Waals surface area contributed by atoms with Crippen molar-refractivity contribution >= 4 is 23.6 Å². The molecule has 0 saturated heterocycles. The van der Waals surface area contributed by atoms with Crippen molar-refractivity contribution in [3.8, 4) is 0 Å². The van der Waals surface area contributed by atoms with Crippen LogP contribution in [-0.4, -0.2) is 18.5 Å².